The standard InChI is InChI=1S/C17H14O3S4.Na/c1-11-2-6-13(7-3-11)16-15(17(21)23-22-16)10-12-4-8-14(9-5-12)24(18,19)20;/h2-9H,10H2,1H3,(H,18,19,20);/q;+1/p-1. The van der Waals surface area contributed by atoms with Crippen molar-refractivity contribution >= 4 is 43.0 Å². The van der Waals surface area contributed by atoms with Crippen LogP contribution in [0.4, 0.5) is 0 Å². The average molecular weight is 417 g/mol. The van der Waals surface area contributed by atoms with E-state index in [2.05, 4.69) is 24.3 Å². The minimum absolute atomic E-state index is 0. The zero-order chi connectivity index (χ0) is 17.3. The molecule has 0 saturated heterocycles. The van der Waals surface area contributed by atoms with Crippen molar-refractivity contribution in [2.45, 2.75) is 18.2 Å². The molecule has 0 saturated carbocycles. The Morgan fingerprint density at radius 3 is 2.16 bits per heavy atom. The smallest absolute Gasteiger partial charge is 0.744 e. The van der Waals surface area contributed by atoms with Crippen molar-refractivity contribution < 1.29 is 42.5 Å². The number of hydrogen-bond acceptors (Lipinski definition) is 6. The molecule has 3 nitrogen and oxygen atoms in total. The molecule has 1 aromatic heterocycles. The fourth-order valence-electron chi connectivity index (χ4n) is 2.33. The van der Waals surface area contributed by atoms with E-state index in [-0.39, 0.29) is 34.5 Å². The number of benzene rings is 2. The van der Waals surface area contributed by atoms with Crippen molar-refractivity contribution in [2.75, 3.05) is 0 Å². The molecule has 0 aliphatic heterocycles. The first-order chi connectivity index (χ1) is 11.3. The maximum atomic E-state index is 11.0. The van der Waals surface area contributed by atoms with Crippen LogP contribution < -0.4 is 29.6 Å². The monoisotopic (exact) mass is 416 g/mol. The fourth-order valence-corrected chi connectivity index (χ4v) is 5.72. The van der Waals surface area contributed by atoms with Crippen molar-refractivity contribution in [1.29, 1.82) is 0 Å². The summed E-state index contributed by atoms with van der Waals surface area (Å²) in [5.41, 5.74) is 4.33. The summed E-state index contributed by atoms with van der Waals surface area (Å²) in [5.74, 6) is 0. The zero-order valence-corrected chi connectivity index (χ0v) is 18.9. The van der Waals surface area contributed by atoms with E-state index in [4.69, 9.17) is 12.2 Å². The molecule has 3 rings (SSSR count). The quantitative estimate of drug-likeness (QED) is 0.283. The summed E-state index contributed by atoms with van der Waals surface area (Å²) in [7, 11) is -1.19. The first-order valence-electron chi connectivity index (χ1n) is 7.08. The summed E-state index contributed by atoms with van der Waals surface area (Å²) in [4.78, 5) is 0.933. The predicted molar refractivity (Wildman–Crippen MR) is 100 cm³/mol. The van der Waals surface area contributed by atoms with Gasteiger partial charge in [0.2, 0.25) is 0 Å². The van der Waals surface area contributed by atoms with Gasteiger partial charge >= 0.3 is 29.6 Å². The summed E-state index contributed by atoms with van der Waals surface area (Å²) in [6.07, 6.45) is 0.612. The van der Waals surface area contributed by atoms with Gasteiger partial charge in [-0.15, -0.1) is 0 Å². The molecule has 3 aromatic rings. The van der Waals surface area contributed by atoms with Crippen molar-refractivity contribution in [3.8, 4) is 10.4 Å². The Bertz CT molecular complexity index is 1020. The maximum Gasteiger partial charge on any atom is 1.00 e. The second-order valence-electron chi connectivity index (χ2n) is 5.40. The summed E-state index contributed by atoms with van der Waals surface area (Å²) in [6, 6.07) is 14.3. The summed E-state index contributed by atoms with van der Waals surface area (Å²) >= 11 is 5.47. The topological polar surface area (TPSA) is 57.2 Å². The third kappa shape index (κ3) is 5.08. The van der Waals surface area contributed by atoms with Crippen LogP contribution in [-0.4, -0.2) is 13.0 Å². The molecule has 25 heavy (non-hydrogen) atoms. The van der Waals surface area contributed by atoms with E-state index in [1.807, 2.05) is 6.92 Å². The molecule has 124 valence electrons. The van der Waals surface area contributed by atoms with E-state index < -0.39 is 10.1 Å². The third-order valence-electron chi connectivity index (χ3n) is 3.63. The predicted octanol–water partition coefficient (Wildman–Crippen LogP) is 2.01. The number of rotatable bonds is 4. The first kappa shape index (κ1) is 20.9. The Balaban J connectivity index is 0.00000225. The molecule has 0 aliphatic rings. The van der Waals surface area contributed by atoms with Crippen LogP contribution in [-0.2, 0) is 16.5 Å². The van der Waals surface area contributed by atoms with Gasteiger partial charge in [0.1, 0.15) is 13.9 Å². The Morgan fingerprint density at radius 1 is 1.00 bits per heavy atom. The molecular formula is C17H13NaO3S4. The van der Waals surface area contributed by atoms with E-state index >= 15 is 0 Å². The van der Waals surface area contributed by atoms with Gasteiger partial charge in [-0.3, -0.25) is 0 Å². The van der Waals surface area contributed by atoms with Gasteiger partial charge in [0.25, 0.3) is 0 Å². The summed E-state index contributed by atoms with van der Waals surface area (Å²) in [6.45, 7) is 2.05. The Labute approximate surface area is 181 Å². The van der Waals surface area contributed by atoms with Crippen molar-refractivity contribution in [3.63, 3.8) is 0 Å². The van der Waals surface area contributed by atoms with Crippen LogP contribution >= 0.6 is 32.9 Å². The van der Waals surface area contributed by atoms with E-state index in [9.17, 15) is 13.0 Å². The molecule has 0 unspecified atom stereocenters. The van der Waals surface area contributed by atoms with Crippen molar-refractivity contribution in [2.24, 2.45) is 0 Å². The van der Waals surface area contributed by atoms with Crippen LogP contribution in [0.25, 0.3) is 10.4 Å². The number of aryl methyl sites for hydroxylation is 1. The Kier molecular flexibility index (Phi) is 7.15. The van der Waals surface area contributed by atoms with Crippen LogP contribution in [0.3, 0.4) is 0 Å². The second-order valence-corrected chi connectivity index (χ2v) is 9.60. The molecule has 0 amide bonds. The van der Waals surface area contributed by atoms with E-state index in [0.29, 0.717) is 6.42 Å². The van der Waals surface area contributed by atoms with Crippen LogP contribution in [0.1, 0.15) is 16.7 Å². The van der Waals surface area contributed by atoms with Crippen LogP contribution in [0.2, 0.25) is 0 Å². The molecule has 8 heteroatoms. The van der Waals surface area contributed by atoms with Gasteiger partial charge in [-0.25, -0.2) is 8.42 Å². The molecule has 0 spiro atoms. The van der Waals surface area contributed by atoms with Gasteiger partial charge in [-0.1, -0.05) is 74.9 Å². The molecule has 0 N–H and O–H groups in total. The van der Waals surface area contributed by atoms with Gasteiger partial charge in [-0.2, -0.15) is 0 Å². The van der Waals surface area contributed by atoms with Gasteiger partial charge in [0.05, 0.1) is 9.77 Å². The van der Waals surface area contributed by atoms with Crippen LogP contribution in [0, 0.1) is 10.7 Å². The van der Waals surface area contributed by atoms with Gasteiger partial charge in [-0.05, 0) is 30.2 Å². The van der Waals surface area contributed by atoms with E-state index in [1.165, 1.54) is 17.7 Å². The normalized spacial score (nSPS) is 11.1. The van der Waals surface area contributed by atoms with E-state index in [1.54, 1.807) is 32.8 Å². The van der Waals surface area contributed by atoms with Crippen LogP contribution in [0.5, 0.6) is 0 Å². The van der Waals surface area contributed by atoms with Gasteiger partial charge in [0.15, 0.2) is 0 Å². The third-order valence-corrected chi connectivity index (χ3v) is 7.67. The van der Waals surface area contributed by atoms with Crippen LogP contribution in [0.15, 0.2) is 53.4 Å². The van der Waals surface area contributed by atoms with Gasteiger partial charge in [0, 0.05) is 12.0 Å². The minimum atomic E-state index is -4.41. The summed E-state index contributed by atoms with van der Waals surface area (Å²) in [5, 5.41) is 0. The van der Waals surface area contributed by atoms with Gasteiger partial charge < -0.3 is 4.55 Å². The largest absolute Gasteiger partial charge is 1.00 e. The Morgan fingerprint density at radius 2 is 1.60 bits per heavy atom. The van der Waals surface area contributed by atoms with Crippen molar-refractivity contribution in [3.05, 3.63) is 69.0 Å². The zero-order valence-electron chi connectivity index (χ0n) is 13.7. The molecule has 1 heterocycles. The Hall–Kier alpha value is -0.380. The molecule has 0 aliphatic carbocycles. The molecule has 0 atom stereocenters. The molecular weight excluding hydrogens is 403 g/mol. The molecule has 2 aromatic carbocycles. The summed E-state index contributed by atoms with van der Waals surface area (Å²) < 4.78 is 33.9. The average Bonchev–Trinajstić information content (AvgIpc) is 2.89. The maximum absolute atomic E-state index is 11.0. The first-order valence-corrected chi connectivity index (χ1v) is 11.0. The molecule has 0 bridgehead atoms. The minimum Gasteiger partial charge on any atom is -0.744 e. The second kappa shape index (κ2) is 8.54. The number of hydrogen-bond donors (Lipinski definition) is 0. The SMILES string of the molecule is Cc1ccc(-c2ssc(=S)c2Cc2ccc(S(=O)(=O)[O-])cc2)cc1.[Na+]. The molecule has 0 radical (unpaired) electrons. The fraction of sp³-hybridized carbons (Fsp3) is 0.118. The van der Waals surface area contributed by atoms with Crippen molar-refractivity contribution in [1.82, 2.24) is 0 Å². The molecule has 0 fully saturated rings. The van der Waals surface area contributed by atoms with E-state index in [0.717, 1.165) is 25.4 Å².